The van der Waals surface area contributed by atoms with Crippen LogP contribution < -0.4 is 0 Å². The third-order valence-electron chi connectivity index (χ3n) is 5.53. The Morgan fingerprint density at radius 1 is 0.767 bits per heavy atom. The van der Waals surface area contributed by atoms with Gasteiger partial charge in [-0.2, -0.15) is 0 Å². The molecule has 0 aliphatic carbocycles. The molecule has 0 aliphatic rings. The van der Waals surface area contributed by atoms with E-state index in [0.717, 1.165) is 5.56 Å². The fourth-order valence-corrected chi connectivity index (χ4v) is 4.35. The Morgan fingerprint density at radius 3 is 1.67 bits per heavy atom. The zero-order valence-corrected chi connectivity index (χ0v) is 22.1. The highest BCUT2D eigenvalue weighted by Gasteiger charge is 2.25. The summed E-state index contributed by atoms with van der Waals surface area (Å²) >= 11 is 3.62. The fraction of sp³-hybridized carbons (Fsp3) is 0.750. The summed E-state index contributed by atoms with van der Waals surface area (Å²) in [6.45, 7) is 14.4. The van der Waals surface area contributed by atoms with Crippen molar-refractivity contribution in [1.82, 2.24) is 0 Å². The topological polar surface area (TPSA) is 57.2 Å². The zero-order chi connectivity index (χ0) is 22.9. The van der Waals surface area contributed by atoms with E-state index in [2.05, 4.69) is 36.7 Å². The van der Waals surface area contributed by atoms with Gasteiger partial charge in [0.1, 0.15) is 10.1 Å². The average molecular weight is 507 g/mol. The minimum atomic E-state index is -4.27. The number of quaternary nitrogens is 1. The van der Waals surface area contributed by atoms with Crippen LogP contribution >= 0.6 is 15.9 Å². The Balaban J connectivity index is 0.000000642. The molecule has 0 bridgehead atoms. The molecule has 1 aromatic carbocycles. The third kappa shape index (κ3) is 13.8. The lowest BCUT2D eigenvalue weighted by Gasteiger charge is -2.39. The summed E-state index contributed by atoms with van der Waals surface area (Å²) in [5.74, 6) is 0. The zero-order valence-electron chi connectivity index (χ0n) is 19.7. The lowest BCUT2D eigenvalue weighted by atomic mass is 10.1. The van der Waals surface area contributed by atoms with Gasteiger partial charge in [0.05, 0.1) is 31.1 Å². The number of hydrogen-bond donors (Lipinski definition) is 0. The summed E-state index contributed by atoms with van der Waals surface area (Å²) < 4.78 is 32.6. The van der Waals surface area contributed by atoms with E-state index < -0.39 is 10.1 Å². The van der Waals surface area contributed by atoms with Crippen molar-refractivity contribution in [3.63, 3.8) is 0 Å². The number of benzene rings is 1. The normalized spacial score (nSPS) is 11.8. The molecule has 0 unspecified atom stereocenters. The maximum atomic E-state index is 10.4. The number of unbranched alkanes of at least 4 members (excludes halogenated alkanes) is 5. The smallest absolute Gasteiger partial charge is 0.124 e. The molecule has 0 saturated heterocycles. The van der Waals surface area contributed by atoms with E-state index in [9.17, 15) is 13.0 Å². The van der Waals surface area contributed by atoms with Crippen molar-refractivity contribution in [2.75, 3.05) is 31.5 Å². The van der Waals surface area contributed by atoms with Crippen molar-refractivity contribution in [2.24, 2.45) is 0 Å². The van der Waals surface area contributed by atoms with Crippen molar-refractivity contribution in [3.8, 4) is 0 Å². The summed E-state index contributed by atoms with van der Waals surface area (Å²) in [5.41, 5.74) is 0.928. The van der Waals surface area contributed by atoms with Crippen LogP contribution in [0.15, 0.2) is 29.2 Å². The van der Waals surface area contributed by atoms with E-state index in [0.29, 0.717) is 0 Å². The van der Waals surface area contributed by atoms with Gasteiger partial charge in [-0.1, -0.05) is 80.1 Å². The van der Waals surface area contributed by atoms with Gasteiger partial charge in [0.15, 0.2) is 0 Å². The van der Waals surface area contributed by atoms with Gasteiger partial charge in [0.25, 0.3) is 0 Å². The van der Waals surface area contributed by atoms with Gasteiger partial charge in [0.2, 0.25) is 0 Å². The molecule has 0 fully saturated rings. The van der Waals surface area contributed by atoms with Gasteiger partial charge < -0.3 is 9.04 Å². The van der Waals surface area contributed by atoms with Crippen molar-refractivity contribution in [2.45, 2.75) is 90.4 Å². The van der Waals surface area contributed by atoms with E-state index in [4.69, 9.17) is 0 Å². The van der Waals surface area contributed by atoms with Gasteiger partial charge in [-0.25, -0.2) is 8.42 Å². The van der Waals surface area contributed by atoms with E-state index in [1.165, 1.54) is 106 Å². The van der Waals surface area contributed by atoms with Crippen LogP contribution in [-0.4, -0.2) is 49.0 Å². The first-order chi connectivity index (χ1) is 14.2. The molecule has 0 N–H and O–H groups in total. The first-order valence-corrected chi connectivity index (χ1v) is 14.2. The van der Waals surface area contributed by atoms with Crippen LogP contribution in [-0.2, 0) is 10.1 Å². The van der Waals surface area contributed by atoms with E-state index >= 15 is 0 Å². The van der Waals surface area contributed by atoms with Crippen LogP contribution in [0.3, 0.4) is 0 Å². The second kappa shape index (κ2) is 17.2. The summed E-state index contributed by atoms with van der Waals surface area (Å²) in [6, 6.07) is 5.78. The molecule has 0 amide bonds. The molecule has 1 rings (SSSR count). The number of nitrogens with zero attached hydrogens (tertiary/aromatic N) is 1. The number of hydrogen-bond acceptors (Lipinski definition) is 3. The number of aryl methyl sites for hydroxylation is 1. The Bertz CT molecular complexity index is 611. The van der Waals surface area contributed by atoms with E-state index in [1.807, 2.05) is 6.92 Å². The molecule has 0 radical (unpaired) electrons. The van der Waals surface area contributed by atoms with Gasteiger partial charge in [-0.3, -0.25) is 0 Å². The third-order valence-corrected chi connectivity index (χ3v) is 6.94. The molecule has 176 valence electrons. The molecule has 0 spiro atoms. The standard InChI is InChI=1S/C17H37BrN.C7H8O3S/c1-4-7-10-11-16-19(14-8-5-2,15-9-6-3)17-12-13-18;1-6-2-4-7(5-3-6)11(8,9)10/h4-17H2,1-3H3;2-5H,1H3,(H,8,9,10)/q+1;/p-1. The number of halogens is 1. The van der Waals surface area contributed by atoms with Crippen LogP contribution in [0.1, 0.15) is 84.1 Å². The molecule has 0 aromatic heterocycles. The lowest BCUT2D eigenvalue weighted by molar-refractivity contribution is -0.928. The van der Waals surface area contributed by atoms with Crippen molar-refractivity contribution >= 4 is 26.0 Å². The van der Waals surface area contributed by atoms with Gasteiger partial charge in [0, 0.05) is 11.8 Å². The van der Waals surface area contributed by atoms with Crippen molar-refractivity contribution in [1.29, 1.82) is 0 Å². The van der Waals surface area contributed by atoms with E-state index in [-0.39, 0.29) is 4.90 Å². The molecular formula is C24H44BrNO3S. The maximum absolute atomic E-state index is 10.4. The van der Waals surface area contributed by atoms with Crippen LogP contribution in [0, 0.1) is 6.92 Å². The first-order valence-electron chi connectivity index (χ1n) is 11.7. The fourth-order valence-electron chi connectivity index (χ4n) is 3.63. The van der Waals surface area contributed by atoms with Crippen LogP contribution in [0.2, 0.25) is 0 Å². The molecule has 0 saturated carbocycles. The Labute approximate surface area is 194 Å². The molecule has 6 heteroatoms. The highest BCUT2D eigenvalue weighted by atomic mass is 79.9. The largest absolute Gasteiger partial charge is 0.744 e. The van der Waals surface area contributed by atoms with Crippen molar-refractivity contribution in [3.05, 3.63) is 29.8 Å². The van der Waals surface area contributed by atoms with Crippen LogP contribution in [0.5, 0.6) is 0 Å². The molecule has 1 aromatic rings. The predicted octanol–water partition coefficient (Wildman–Crippen LogP) is 6.67. The van der Waals surface area contributed by atoms with Crippen LogP contribution in [0.4, 0.5) is 0 Å². The molecule has 30 heavy (non-hydrogen) atoms. The minimum absolute atomic E-state index is 0.178. The monoisotopic (exact) mass is 505 g/mol. The quantitative estimate of drug-likeness (QED) is 0.116. The van der Waals surface area contributed by atoms with Gasteiger partial charge >= 0.3 is 0 Å². The number of rotatable bonds is 15. The molecule has 0 heterocycles. The molecular weight excluding hydrogens is 462 g/mol. The van der Waals surface area contributed by atoms with Crippen molar-refractivity contribution < 1.29 is 17.5 Å². The van der Waals surface area contributed by atoms with Crippen LogP contribution in [0.25, 0.3) is 0 Å². The summed E-state index contributed by atoms with van der Waals surface area (Å²) in [6.07, 6.45) is 12.5. The maximum Gasteiger partial charge on any atom is 0.124 e. The SMILES string of the molecule is CCCCCC[N+](CCCC)(CCCC)CCCBr.Cc1ccc(S(=O)(=O)[O-])cc1. The van der Waals surface area contributed by atoms with Gasteiger partial charge in [-0.05, 0) is 44.7 Å². The Hall–Kier alpha value is -0.430. The summed E-state index contributed by atoms with van der Waals surface area (Å²) in [4.78, 5) is -0.178. The summed E-state index contributed by atoms with van der Waals surface area (Å²) in [7, 11) is -4.27. The summed E-state index contributed by atoms with van der Waals surface area (Å²) in [5, 5.41) is 1.17. The average Bonchev–Trinajstić information content (AvgIpc) is 2.72. The molecule has 0 atom stereocenters. The van der Waals surface area contributed by atoms with E-state index in [1.54, 1.807) is 12.1 Å². The highest BCUT2D eigenvalue weighted by Crippen LogP contribution is 2.17. The predicted molar refractivity (Wildman–Crippen MR) is 131 cm³/mol. The number of alkyl halides is 1. The minimum Gasteiger partial charge on any atom is -0.744 e. The lowest BCUT2D eigenvalue weighted by Crippen LogP contribution is -2.50. The second-order valence-electron chi connectivity index (χ2n) is 8.31. The highest BCUT2D eigenvalue weighted by molar-refractivity contribution is 9.09. The second-order valence-corrected chi connectivity index (χ2v) is 10.5. The molecule has 4 nitrogen and oxygen atoms in total. The molecule has 0 aliphatic heterocycles. The Kier molecular flexibility index (Phi) is 16.9. The first kappa shape index (κ1) is 29.6. The Morgan fingerprint density at radius 2 is 1.23 bits per heavy atom. The van der Waals surface area contributed by atoms with Gasteiger partial charge in [-0.15, -0.1) is 0 Å².